The lowest BCUT2D eigenvalue weighted by Crippen LogP contribution is -2.38. The van der Waals surface area contributed by atoms with Crippen LogP contribution in [0.3, 0.4) is 0 Å². The molecule has 2 fully saturated rings. The fourth-order valence-corrected chi connectivity index (χ4v) is 3.74. The first-order valence-corrected chi connectivity index (χ1v) is 9.92. The highest BCUT2D eigenvalue weighted by atomic mass is 16.6. The molecule has 3 rings (SSSR count). The Morgan fingerprint density at radius 3 is 2.59 bits per heavy atom. The molecule has 0 saturated heterocycles. The first-order chi connectivity index (χ1) is 13.1. The molecule has 0 unspecified atom stereocenters. The van der Waals surface area contributed by atoms with Crippen molar-refractivity contribution in [3.8, 4) is 5.75 Å². The summed E-state index contributed by atoms with van der Waals surface area (Å²) in [7, 11) is 0. The van der Waals surface area contributed by atoms with E-state index in [0.29, 0.717) is 23.4 Å². The smallest absolute Gasteiger partial charge is 0.344 e. The Morgan fingerprint density at radius 1 is 1.22 bits per heavy atom. The van der Waals surface area contributed by atoms with Crippen molar-refractivity contribution in [1.82, 2.24) is 0 Å². The summed E-state index contributed by atoms with van der Waals surface area (Å²) in [6.07, 6.45) is 8.20. The molecule has 2 saturated carbocycles. The van der Waals surface area contributed by atoms with Crippen LogP contribution < -0.4 is 9.64 Å². The van der Waals surface area contributed by atoms with Gasteiger partial charge in [0, 0.05) is 12.6 Å². The van der Waals surface area contributed by atoms with Crippen LogP contribution in [-0.4, -0.2) is 36.7 Å². The van der Waals surface area contributed by atoms with Crippen molar-refractivity contribution in [2.45, 2.75) is 57.9 Å². The second kappa shape index (κ2) is 9.06. The molecule has 27 heavy (non-hydrogen) atoms. The SMILES string of the molecule is CCOC(=O)COc1ccc(N(CC2CC2)C2CCCCC2)c([N+](=O)[O-])c1. The van der Waals surface area contributed by atoms with E-state index in [1.54, 1.807) is 19.1 Å². The van der Waals surface area contributed by atoms with Crippen molar-refractivity contribution in [2.24, 2.45) is 5.92 Å². The van der Waals surface area contributed by atoms with Crippen LogP contribution >= 0.6 is 0 Å². The number of nitrogens with zero attached hydrogens (tertiary/aromatic N) is 2. The number of carbonyl (C=O) groups excluding carboxylic acids is 1. The van der Waals surface area contributed by atoms with Gasteiger partial charge in [-0.3, -0.25) is 10.1 Å². The molecular weight excluding hydrogens is 348 g/mol. The molecule has 0 atom stereocenters. The van der Waals surface area contributed by atoms with E-state index >= 15 is 0 Å². The van der Waals surface area contributed by atoms with Crippen molar-refractivity contribution in [3.05, 3.63) is 28.3 Å². The molecule has 0 radical (unpaired) electrons. The fourth-order valence-electron chi connectivity index (χ4n) is 3.74. The first-order valence-electron chi connectivity index (χ1n) is 9.92. The Hall–Kier alpha value is -2.31. The van der Waals surface area contributed by atoms with Crippen LogP contribution in [0.5, 0.6) is 5.75 Å². The number of benzene rings is 1. The summed E-state index contributed by atoms with van der Waals surface area (Å²) >= 11 is 0. The monoisotopic (exact) mass is 376 g/mol. The minimum atomic E-state index is -0.484. The summed E-state index contributed by atoms with van der Waals surface area (Å²) in [6.45, 7) is 2.63. The van der Waals surface area contributed by atoms with Gasteiger partial charge in [-0.1, -0.05) is 19.3 Å². The number of carbonyl (C=O) groups is 1. The van der Waals surface area contributed by atoms with Crippen molar-refractivity contribution in [2.75, 3.05) is 24.7 Å². The molecule has 2 aliphatic rings. The number of esters is 1. The molecule has 0 aromatic heterocycles. The maximum absolute atomic E-state index is 11.7. The summed E-state index contributed by atoms with van der Waals surface area (Å²) in [4.78, 5) is 25.1. The molecule has 1 aromatic carbocycles. The van der Waals surface area contributed by atoms with Gasteiger partial charge < -0.3 is 14.4 Å². The van der Waals surface area contributed by atoms with E-state index in [0.717, 1.165) is 19.4 Å². The van der Waals surface area contributed by atoms with Crippen LogP contribution in [0.1, 0.15) is 51.9 Å². The van der Waals surface area contributed by atoms with Crippen LogP contribution in [-0.2, 0) is 9.53 Å². The Kier molecular flexibility index (Phi) is 6.53. The van der Waals surface area contributed by atoms with Gasteiger partial charge in [-0.05, 0) is 50.7 Å². The van der Waals surface area contributed by atoms with Crippen LogP contribution in [0.2, 0.25) is 0 Å². The topological polar surface area (TPSA) is 81.9 Å². The Bertz CT molecular complexity index is 668. The standard InChI is InChI=1S/C20H28N2O5/c1-2-26-20(23)14-27-17-10-11-18(19(12-17)22(24)25)21(13-15-8-9-15)16-6-4-3-5-7-16/h10-12,15-16H,2-9,13-14H2,1H3. The number of rotatable bonds is 9. The zero-order chi connectivity index (χ0) is 19.2. The average molecular weight is 376 g/mol. The van der Waals surface area contributed by atoms with Gasteiger partial charge in [0.25, 0.3) is 5.69 Å². The van der Waals surface area contributed by atoms with Gasteiger partial charge >= 0.3 is 5.97 Å². The highest BCUT2D eigenvalue weighted by Gasteiger charge is 2.32. The van der Waals surface area contributed by atoms with Crippen LogP contribution in [0.4, 0.5) is 11.4 Å². The van der Waals surface area contributed by atoms with E-state index in [4.69, 9.17) is 9.47 Å². The highest BCUT2D eigenvalue weighted by Crippen LogP contribution is 2.39. The van der Waals surface area contributed by atoms with Gasteiger partial charge in [0.2, 0.25) is 0 Å². The summed E-state index contributed by atoms with van der Waals surface area (Å²) in [5, 5.41) is 11.7. The molecule has 0 spiro atoms. The molecule has 1 aromatic rings. The summed E-state index contributed by atoms with van der Waals surface area (Å²) in [5.41, 5.74) is 0.713. The Morgan fingerprint density at radius 2 is 1.96 bits per heavy atom. The molecule has 0 amide bonds. The van der Waals surface area contributed by atoms with Gasteiger partial charge in [-0.2, -0.15) is 0 Å². The molecule has 148 valence electrons. The zero-order valence-electron chi connectivity index (χ0n) is 15.9. The lowest BCUT2D eigenvalue weighted by Gasteiger charge is -2.36. The molecular formula is C20H28N2O5. The van der Waals surface area contributed by atoms with Gasteiger partial charge in [-0.25, -0.2) is 4.79 Å². The largest absolute Gasteiger partial charge is 0.482 e. The van der Waals surface area contributed by atoms with Crippen molar-refractivity contribution in [3.63, 3.8) is 0 Å². The number of anilines is 1. The highest BCUT2D eigenvalue weighted by molar-refractivity contribution is 5.71. The van der Waals surface area contributed by atoms with Crippen molar-refractivity contribution < 1.29 is 19.2 Å². The fraction of sp³-hybridized carbons (Fsp3) is 0.650. The minimum Gasteiger partial charge on any atom is -0.482 e. The quantitative estimate of drug-likeness (QED) is 0.367. The van der Waals surface area contributed by atoms with E-state index in [2.05, 4.69) is 4.90 Å². The molecule has 7 heteroatoms. The Balaban J connectivity index is 1.80. The molecule has 0 heterocycles. The van der Waals surface area contributed by atoms with Gasteiger partial charge in [0.05, 0.1) is 17.6 Å². The van der Waals surface area contributed by atoms with E-state index in [9.17, 15) is 14.9 Å². The Labute approximate surface area is 159 Å². The number of hydrogen-bond donors (Lipinski definition) is 0. The van der Waals surface area contributed by atoms with Crippen molar-refractivity contribution >= 4 is 17.3 Å². The van der Waals surface area contributed by atoms with Crippen LogP contribution in [0, 0.1) is 16.0 Å². The number of hydrogen-bond acceptors (Lipinski definition) is 6. The third-order valence-electron chi connectivity index (χ3n) is 5.28. The normalized spacial score (nSPS) is 17.4. The van der Waals surface area contributed by atoms with Gasteiger partial charge in [0.15, 0.2) is 6.61 Å². The summed E-state index contributed by atoms with van der Waals surface area (Å²) in [6, 6.07) is 5.28. The third kappa shape index (κ3) is 5.34. The average Bonchev–Trinajstić information content (AvgIpc) is 3.49. The second-order valence-corrected chi connectivity index (χ2v) is 7.39. The van der Waals surface area contributed by atoms with E-state index < -0.39 is 5.97 Å². The van der Waals surface area contributed by atoms with Crippen LogP contribution in [0.25, 0.3) is 0 Å². The molecule has 0 bridgehead atoms. The lowest BCUT2D eigenvalue weighted by atomic mass is 9.93. The lowest BCUT2D eigenvalue weighted by molar-refractivity contribution is -0.384. The van der Waals surface area contributed by atoms with E-state index in [1.165, 1.54) is 38.2 Å². The maximum Gasteiger partial charge on any atom is 0.344 e. The van der Waals surface area contributed by atoms with Crippen LogP contribution in [0.15, 0.2) is 18.2 Å². The number of nitro groups is 1. The number of nitro benzene ring substituents is 1. The molecule has 0 N–H and O–H groups in total. The van der Waals surface area contributed by atoms with Crippen molar-refractivity contribution in [1.29, 1.82) is 0 Å². The number of ether oxygens (including phenoxy) is 2. The van der Waals surface area contributed by atoms with E-state index in [-0.39, 0.29) is 23.8 Å². The summed E-state index contributed by atoms with van der Waals surface area (Å²) < 4.78 is 10.2. The van der Waals surface area contributed by atoms with Gasteiger partial charge in [-0.15, -0.1) is 0 Å². The summed E-state index contributed by atoms with van der Waals surface area (Å²) in [5.74, 6) is 0.474. The second-order valence-electron chi connectivity index (χ2n) is 7.39. The zero-order valence-corrected chi connectivity index (χ0v) is 15.9. The third-order valence-corrected chi connectivity index (χ3v) is 5.28. The predicted octanol–water partition coefficient (Wildman–Crippen LogP) is 4.09. The minimum absolute atomic E-state index is 0.0441. The maximum atomic E-state index is 11.7. The molecule has 7 nitrogen and oxygen atoms in total. The van der Waals surface area contributed by atoms with Gasteiger partial charge in [0.1, 0.15) is 11.4 Å². The van der Waals surface area contributed by atoms with E-state index in [1.807, 2.05) is 0 Å². The molecule has 2 aliphatic carbocycles. The first kappa shape index (κ1) is 19.5. The predicted molar refractivity (Wildman–Crippen MR) is 102 cm³/mol. The molecule has 0 aliphatic heterocycles.